The molecule has 7 heteroatoms. The third-order valence-corrected chi connectivity index (χ3v) is 17.8. The summed E-state index contributed by atoms with van der Waals surface area (Å²) >= 11 is 0. The summed E-state index contributed by atoms with van der Waals surface area (Å²) in [6, 6.07) is 3.02. The van der Waals surface area contributed by atoms with Gasteiger partial charge in [-0.05, 0) is 65.4 Å². The van der Waals surface area contributed by atoms with Crippen LogP contribution in [0.25, 0.3) is 5.57 Å². The standard InChI is InChI=1S/C25H44N2O3Si2/c1-18-13-19(21-11-12-26-16-23(21)27(28)29)14-20(15-25(5,6)32(9,10)30)22(18)17-31(7,8)24(2,3)4/h11-12,14,16,18,20,22,30H,13,15,17H2,1-10H3/t18-,20-,22+/m0/s1. The Hall–Kier alpha value is -1.32. The molecule has 0 fully saturated rings. The first kappa shape index (κ1) is 26.9. The minimum atomic E-state index is -2.38. The van der Waals surface area contributed by atoms with E-state index in [0.29, 0.717) is 28.4 Å². The van der Waals surface area contributed by atoms with Crippen molar-refractivity contribution in [3.8, 4) is 0 Å². The highest BCUT2D eigenvalue weighted by Crippen LogP contribution is 2.52. The van der Waals surface area contributed by atoms with Gasteiger partial charge in [-0.25, -0.2) is 0 Å². The Kier molecular flexibility index (Phi) is 7.69. The number of hydrogen-bond donors (Lipinski definition) is 1. The number of pyridine rings is 1. The van der Waals surface area contributed by atoms with E-state index >= 15 is 0 Å². The minimum absolute atomic E-state index is 0.0867. The molecule has 0 unspecified atom stereocenters. The number of nitrogens with zero attached hydrogens (tertiary/aromatic N) is 2. The molecule has 1 N–H and O–H groups in total. The van der Waals surface area contributed by atoms with Crippen molar-refractivity contribution in [3.63, 3.8) is 0 Å². The quantitative estimate of drug-likeness (QED) is 0.251. The zero-order valence-corrected chi connectivity index (χ0v) is 23.8. The molecule has 32 heavy (non-hydrogen) atoms. The van der Waals surface area contributed by atoms with Gasteiger partial charge in [-0.2, -0.15) is 0 Å². The monoisotopic (exact) mass is 476 g/mol. The zero-order valence-electron chi connectivity index (χ0n) is 21.8. The highest BCUT2D eigenvalue weighted by Gasteiger charge is 2.46. The van der Waals surface area contributed by atoms with Gasteiger partial charge in [0.15, 0.2) is 8.32 Å². The SMILES string of the molecule is C[C@H]1CC(c2ccncc2[N+](=O)[O-])=C[C@@H](CC(C)(C)[Si](C)(C)O)[C@@H]1C[Si](C)(C)C(C)(C)C. The van der Waals surface area contributed by atoms with Gasteiger partial charge in [0.05, 0.1) is 18.6 Å². The first-order valence-corrected chi connectivity index (χ1v) is 18.0. The molecule has 1 aliphatic rings. The van der Waals surface area contributed by atoms with Crippen molar-refractivity contribution in [2.45, 2.75) is 96.7 Å². The van der Waals surface area contributed by atoms with Crippen LogP contribution in [0.2, 0.25) is 42.3 Å². The molecular weight excluding hydrogens is 432 g/mol. The van der Waals surface area contributed by atoms with E-state index in [1.165, 1.54) is 12.2 Å². The van der Waals surface area contributed by atoms with Crippen molar-refractivity contribution in [2.24, 2.45) is 17.8 Å². The number of hydrogen-bond acceptors (Lipinski definition) is 4. The molecule has 0 amide bonds. The van der Waals surface area contributed by atoms with Gasteiger partial charge in [0.25, 0.3) is 5.69 Å². The molecule has 1 aromatic rings. The van der Waals surface area contributed by atoms with Crippen LogP contribution >= 0.6 is 0 Å². The van der Waals surface area contributed by atoms with Gasteiger partial charge in [-0.3, -0.25) is 15.1 Å². The van der Waals surface area contributed by atoms with E-state index < -0.39 is 16.4 Å². The summed E-state index contributed by atoms with van der Waals surface area (Å²) in [6.45, 7) is 22.9. The summed E-state index contributed by atoms with van der Waals surface area (Å²) in [6.07, 6.45) is 7.10. The average molecular weight is 477 g/mol. The number of nitro groups is 1. The Morgan fingerprint density at radius 1 is 1.19 bits per heavy atom. The van der Waals surface area contributed by atoms with Crippen molar-refractivity contribution in [3.05, 3.63) is 40.2 Å². The maximum atomic E-state index is 11.7. The summed E-state index contributed by atoms with van der Waals surface area (Å²) in [5, 5.41) is 11.8. The van der Waals surface area contributed by atoms with E-state index in [2.05, 4.69) is 65.7 Å². The number of rotatable bonds is 7. The van der Waals surface area contributed by atoms with Crippen LogP contribution in [0.5, 0.6) is 0 Å². The van der Waals surface area contributed by atoms with E-state index in [-0.39, 0.29) is 15.6 Å². The molecule has 0 radical (unpaired) electrons. The lowest BCUT2D eigenvalue weighted by Gasteiger charge is -2.47. The van der Waals surface area contributed by atoms with E-state index in [9.17, 15) is 14.9 Å². The molecule has 3 atom stereocenters. The molecule has 0 aromatic carbocycles. The molecule has 1 aromatic heterocycles. The van der Waals surface area contributed by atoms with Gasteiger partial charge >= 0.3 is 0 Å². The summed E-state index contributed by atoms with van der Waals surface area (Å²) in [7, 11) is -3.91. The van der Waals surface area contributed by atoms with Crippen molar-refractivity contribution in [1.82, 2.24) is 4.98 Å². The van der Waals surface area contributed by atoms with Gasteiger partial charge < -0.3 is 4.80 Å². The fourth-order valence-corrected chi connectivity index (χ4v) is 7.90. The van der Waals surface area contributed by atoms with Crippen LogP contribution in [0.3, 0.4) is 0 Å². The minimum Gasteiger partial charge on any atom is -0.432 e. The lowest BCUT2D eigenvalue weighted by Crippen LogP contribution is -2.45. The normalized spacial score (nSPS) is 23.1. The largest absolute Gasteiger partial charge is 0.432 e. The highest BCUT2D eigenvalue weighted by atomic mass is 28.4. The van der Waals surface area contributed by atoms with Gasteiger partial charge in [-0.15, -0.1) is 0 Å². The lowest BCUT2D eigenvalue weighted by atomic mass is 9.70. The molecule has 2 rings (SSSR count). The smallest absolute Gasteiger partial charge is 0.294 e. The van der Waals surface area contributed by atoms with E-state index in [0.717, 1.165) is 18.4 Å². The molecule has 1 aliphatic carbocycles. The third kappa shape index (κ3) is 5.78. The first-order valence-electron chi connectivity index (χ1n) is 11.9. The molecular formula is C25H44N2O3Si2. The topological polar surface area (TPSA) is 76.3 Å². The van der Waals surface area contributed by atoms with Crippen LogP contribution in [-0.2, 0) is 0 Å². The molecule has 0 saturated carbocycles. The lowest BCUT2D eigenvalue weighted by molar-refractivity contribution is -0.385. The van der Waals surface area contributed by atoms with Crippen molar-refractivity contribution in [2.75, 3.05) is 0 Å². The van der Waals surface area contributed by atoms with Gasteiger partial charge in [0.2, 0.25) is 0 Å². The molecule has 1 heterocycles. The third-order valence-electron chi connectivity index (χ3n) is 8.76. The fourth-order valence-electron chi connectivity index (χ4n) is 4.67. The number of allylic oxidation sites excluding steroid dienone is 2. The Morgan fingerprint density at radius 2 is 1.78 bits per heavy atom. The van der Waals surface area contributed by atoms with Crippen LogP contribution < -0.4 is 0 Å². The van der Waals surface area contributed by atoms with Gasteiger partial charge in [-0.1, -0.05) is 66.8 Å². The summed E-state index contributed by atoms with van der Waals surface area (Å²) in [5.41, 5.74) is 1.85. The fraction of sp³-hybridized carbons (Fsp3) is 0.720. The Morgan fingerprint density at radius 3 is 2.28 bits per heavy atom. The van der Waals surface area contributed by atoms with E-state index in [1.807, 2.05) is 13.1 Å². The van der Waals surface area contributed by atoms with E-state index in [1.54, 1.807) is 12.3 Å². The second-order valence-corrected chi connectivity index (χ2v) is 23.0. The van der Waals surface area contributed by atoms with Crippen molar-refractivity contribution >= 4 is 27.7 Å². The maximum absolute atomic E-state index is 11.7. The summed E-state index contributed by atoms with van der Waals surface area (Å²) < 4.78 is 0. The number of aromatic nitrogens is 1. The van der Waals surface area contributed by atoms with Crippen LogP contribution in [0.1, 0.15) is 59.9 Å². The van der Waals surface area contributed by atoms with Crippen LogP contribution in [0.4, 0.5) is 5.69 Å². The first-order chi connectivity index (χ1) is 14.4. The Balaban J connectivity index is 2.56. The van der Waals surface area contributed by atoms with Gasteiger partial charge in [0, 0.05) is 6.20 Å². The average Bonchev–Trinajstić information content (AvgIpc) is 2.62. The zero-order chi connectivity index (χ0) is 24.7. The van der Waals surface area contributed by atoms with Gasteiger partial charge in [0.1, 0.15) is 6.20 Å². The second kappa shape index (κ2) is 9.14. The molecule has 180 valence electrons. The maximum Gasteiger partial charge on any atom is 0.294 e. The van der Waals surface area contributed by atoms with Crippen LogP contribution in [0, 0.1) is 27.9 Å². The predicted molar refractivity (Wildman–Crippen MR) is 140 cm³/mol. The van der Waals surface area contributed by atoms with Crippen molar-refractivity contribution < 1.29 is 9.72 Å². The Labute approximate surface area is 197 Å². The second-order valence-electron chi connectivity index (χ2n) is 12.8. The predicted octanol–water partition coefficient (Wildman–Crippen LogP) is 7.52. The van der Waals surface area contributed by atoms with Crippen molar-refractivity contribution in [1.29, 1.82) is 0 Å². The highest BCUT2D eigenvalue weighted by molar-refractivity contribution is 6.80. The molecule has 0 spiro atoms. The summed E-state index contributed by atoms with van der Waals surface area (Å²) in [4.78, 5) is 26.4. The molecule has 5 nitrogen and oxygen atoms in total. The Bertz CT molecular complexity index is 867. The van der Waals surface area contributed by atoms with Crippen LogP contribution in [-0.4, -0.2) is 31.1 Å². The molecule has 0 bridgehead atoms. The summed E-state index contributed by atoms with van der Waals surface area (Å²) in [5.74, 6) is 1.25. The van der Waals surface area contributed by atoms with Crippen LogP contribution in [0.15, 0.2) is 24.5 Å². The molecule has 0 saturated heterocycles. The molecule has 0 aliphatic heterocycles. The van der Waals surface area contributed by atoms with E-state index in [4.69, 9.17) is 0 Å².